The normalized spacial score (nSPS) is 12.4. The van der Waals surface area contributed by atoms with Gasteiger partial charge in [-0.25, -0.2) is 9.97 Å². The first-order chi connectivity index (χ1) is 9.42. The number of nitrogens with two attached hydrogens (primary N) is 1. The van der Waals surface area contributed by atoms with Crippen LogP contribution in [0.15, 0.2) is 0 Å². The van der Waals surface area contributed by atoms with Crippen LogP contribution in [0.5, 0.6) is 0 Å². The topological polar surface area (TPSA) is 76.7 Å². The first-order valence-corrected chi connectivity index (χ1v) is 7.57. The fraction of sp³-hybridized carbons (Fsp3) is 0.500. The van der Waals surface area contributed by atoms with E-state index in [9.17, 15) is 0 Å². The van der Waals surface area contributed by atoms with Gasteiger partial charge in [0.1, 0.15) is 5.82 Å². The summed E-state index contributed by atoms with van der Waals surface area (Å²) in [6.07, 6.45) is 0.871. The van der Waals surface area contributed by atoms with Crippen molar-refractivity contribution in [3.8, 4) is 0 Å². The van der Waals surface area contributed by atoms with E-state index in [0.29, 0.717) is 5.95 Å². The smallest absolute Gasteiger partial charge is 0.222 e. The molecule has 0 spiro atoms. The minimum atomic E-state index is 0.0962. The summed E-state index contributed by atoms with van der Waals surface area (Å²) in [5.74, 6) is 1.12. The molecule has 0 saturated carbocycles. The third-order valence-corrected chi connectivity index (χ3v) is 4.19. The van der Waals surface area contributed by atoms with Crippen LogP contribution >= 0.6 is 11.3 Å². The second-order valence-electron chi connectivity index (χ2n) is 4.89. The second kappa shape index (κ2) is 5.75. The van der Waals surface area contributed by atoms with Gasteiger partial charge in [-0.1, -0.05) is 6.92 Å². The van der Waals surface area contributed by atoms with Crippen LogP contribution in [0.3, 0.4) is 0 Å². The Morgan fingerprint density at radius 3 is 2.45 bits per heavy atom. The molecule has 0 bridgehead atoms. The van der Waals surface area contributed by atoms with Gasteiger partial charge in [0.05, 0.1) is 16.7 Å². The zero-order chi connectivity index (χ0) is 14.9. The van der Waals surface area contributed by atoms with Gasteiger partial charge in [0.15, 0.2) is 0 Å². The molecule has 0 aromatic carbocycles. The van der Waals surface area contributed by atoms with Gasteiger partial charge in [0.25, 0.3) is 0 Å². The molecule has 6 heteroatoms. The Bertz CT molecular complexity index is 620. The fourth-order valence-electron chi connectivity index (χ4n) is 2.38. The molecule has 2 aromatic rings. The lowest BCUT2D eigenvalue weighted by atomic mass is 10.1. The number of nitrogens with one attached hydrogen (secondary N) is 1. The number of aromatic nitrogens is 3. The zero-order valence-electron chi connectivity index (χ0n) is 12.6. The molecule has 0 radical (unpaired) electrons. The minimum Gasteiger partial charge on any atom is -0.368 e. The van der Waals surface area contributed by atoms with E-state index in [1.54, 1.807) is 11.3 Å². The number of nitrogen functional groups attached to an aromatic ring is 1. The van der Waals surface area contributed by atoms with E-state index in [0.717, 1.165) is 34.2 Å². The number of aryl methyl sites for hydroxylation is 3. The van der Waals surface area contributed by atoms with Crippen LogP contribution in [0.1, 0.15) is 46.7 Å². The van der Waals surface area contributed by atoms with E-state index in [1.165, 1.54) is 4.88 Å². The molecule has 0 fully saturated rings. The molecule has 108 valence electrons. The standard InChI is InChI=1S/C14H21N5S/c1-6-11-7(2)17-14(15)19-13(11)16-8(3)12-9(4)20-10(5)18-12/h8H,6H2,1-5H3,(H3,15,16,17,19). The number of thiazole rings is 1. The van der Waals surface area contributed by atoms with Gasteiger partial charge in [-0.15, -0.1) is 11.3 Å². The highest BCUT2D eigenvalue weighted by molar-refractivity contribution is 7.11. The van der Waals surface area contributed by atoms with Crippen molar-refractivity contribution in [2.75, 3.05) is 11.1 Å². The second-order valence-corrected chi connectivity index (χ2v) is 6.30. The number of nitrogens with zero attached hydrogens (tertiary/aromatic N) is 3. The number of hydrogen-bond acceptors (Lipinski definition) is 6. The quantitative estimate of drug-likeness (QED) is 0.904. The van der Waals surface area contributed by atoms with Crippen molar-refractivity contribution in [1.29, 1.82) is 0 Å². The van der Waals surface area contributed by atoms with Crippen molar-refractivity contribution in [2.24, 2.45) is 0 Å². The van der Waals surface area contributed by atoms with Crippen molar-refractivity contribution in [2.45, 2.75) is 47.1 Å². The third kappa shape index (κ3) is 2.90. The summed E-state index contributed by atoms with van der Waals surface area (Å²) in [5.41, 5.74) is 8.87. The van der Waals surface area contributed by atoms with Gasteiger partial charge < -0.3 is 11.1 Å². The Morgan fingerprint density at radius 1 is 1.20 bits per heavy atom. The molecular weight excluding hydrogens is 270 g/mol. The van der Waals surface area contributed by atoms with E-state index in [1.807, 2.05) is 13.8 Å². The summed E-state index contributed by atoms with van der Waals surface area (Å²) in [7, 11) is 0. The highest BCUT2D eigenvalue weighted by atomic mass is 32.1. The summed E-state index contributed by atoms with van der Waals surface area (Å²) < 4.78 is 0. The summed E-state index contributed by atoms with van der Waals surface area (Å²) in [6, 6.07) is 0.0962. The van der Waals surface area contributed by atoms with Crippen LogP contribution in [0.2, 0.25) is 0 Å². The van der Waals surface area contributed by atoms with Crippen LogP contribution in [-0.4, -0.2) is 15.0 Å². The predicted octanol–water partition coefficient (Wildman–Crippen LogP) is 3.18. The molecule has 20 heavy (non-hydrogen) atoms. The van der Waals surface area contributed by atoms with Gasteiger partial charge in [-0.3, -0.25) is 0 Å². The summed E-state index contributed by atoms with van der Waals surface area (Å²) >= 11 is 1.72. The number of anilines is 2. The average molecular weight is 291 g/mol. The molecule has 0 saturated heterocycles. The highest BCUT2D eigenvalue weighted by Gasteiger charge is 2.16. The molecule has 5 nitrogen and oxygen atoms in total. The van der Waals surface area contributed by atoms with Crippen molar-refractivity contribution < 1.29 is 0 Å². The lowest BCUT2D eigenvalue weighted by Crippen LogP contribution is -2.14. The third-order valence-electron chi connectivity index (χ3n) is 3.29. The Balaban J connectivity index is 2.32. The van der Waals surface area contributed by atoms with Crippen molar-refractivity contribution in [1.82, 2.24) is 15.0 Å². The molecule has 0 aliphatic rings. The zero-order valence-corrected chi connectivity index (χ0v) is 13.4. The molecule has 2 rings (SSSR count). The fourth-order valence-corrected chi connectivity index (χ4v) is 3.29. The molecule has 1 atom stereocenters. The average Bonchev–Trinajstić information content (AvgIpc) is 2.68. The minimum absolute atomic E-state index is 0.0962. The van der Waals surface area contributed by atoms with Gasteiger partial charge in [0.2, 0.25) is 5.95 Å². The van der Waals surface area contributed by atoms with Gasteiger partial charge in [0, 0.05) is 16.1 Å². The van der Waals surface area contributed by atoms with Crippen LogP contribution in [-0.2, 0) is 6.42 Å². The Labute approximate surface area is 123 Å². The van der Waals surface area contributed by atoms with Crippen molar-refractivity contribution in [3.63, 3.8) is 0 Å². The Kier molecular flexibility index (Phi) is 4.23. The summed E-state index contributed by atoms with van der Waals surface area (Å²) in [5, 5.41) is 4.51. The van der Waals surface area contributed by atoms with Crippen LogP contribution in [0.25, 0.3) is 0 Å². The number of hydrogen-bond donors (Lipinski definition) is 2. The van der Waals surface area contributed by atoms with Crippen molar-refractivity contribution in [3.05, 3.63) is 26.8 Å². The molecule has 1 unspecified atom stereocenters. The lowest BCUT2D eigenvalue weighted by Gasteiger charge is -2.17. The van der Waals surface area contributed by atoms with Crippen molar-refractivity contribution >= 4 is 23.1 Å². The first kappa shape index (κ1) is 14.7. The van der Waals surface area contributed by atoms with Gasteiger partial charge >= 0.3 is 0 Å². The summed E-state index contributed by atoms with van der Waals surface area (Å²) in [4.78, 5) is 14.4. The Morgan fingerprint density at radius 2 is 1.90 bits per heavy atom. The molecule has 0 aliphatic heterocycles. The van der Waals surface area contributed by atoms with Crippen LogP contribution in [0.4, 0.5) is 11.8 Å². The molecule has 0 aliphatic carbocycles. The molecule has 0 amide bonds. The Hall–Kier alpha value is -1.69. The molecular formula is C14H21N5S. The van der Waals surface area contributed by atoms with Crippen LogP contribution < -0.4 is 11.1 Å². The van der Waals surface area contributed by atoms with E-state index < -0.39 is 0 Å². The maximum atomic E-state index is 5.76. The van der Waals surface area contributed by atoms with E-state index in [2.05, 4.69) is 41.0 Å². The van der Waals surface area contributed by atoms with Gasteiger partial charge in [-0.2, -0.15) is 4.98 Å². The highest BCUT2D eigenvalue weighted by Crippen LogP contribution is 2.27. The van der Waals surface area contributed by atoms with E-state index in [4.69, 9.17) is 5.73 Å². The molecule has 2 aromatic heterocycles. The SMILES string of the molecule is CCc1c(C)nc(N)nc1NC(C)c1nc(C)sc1C. The maximum absolute atomic E-state index is 5.76. The molecule has 2 heterocycles. The monoisotopic (exact) mass is 291 g/mol. The first-order valence-electron chi connectivity index (χ1n) is 6.75. The van der Waals surface area contributed by atoms with E-state index in [-0.39, 0.29) is 6.04 Å². The summed E-state index contributed by atoms with van der Waals surface area (Å²) in [6.45, 7) is 10.3. The lowest BCUT2D eigenvalue weighted by molar-refractivity contribution is 0.821. The maximum Gasteiger partial charge on any atom is 0.222 e. The largest absolute Gasteiger partial charge is 0.368 e. The predicted molar refractivity (Wildman–Crippen MR) is 84.2 cm³/mol. The van der Waals surface area contributed by atoms with E-state index >= 15 is 0 Å². The van der Waals surface area contributed by atoms with Crippen LogP contribution in [0, 0.1) is 20.8 Å². The van der Waals surface area contributed by atoms with Gasteiger partial charge in [-0.05, 0) is 34.1 Å². The number of rotatable bonds is 4. The molecule has 3 N–H and O–H groups in total.